The van der Waals surface area contributed by atoms with Crippen molar-refractivity contribution < 1.29 is 18.4 Å². The fourth-order valence-corrected chi connectivity index (χ4v) is 1.73. The smallest absolute Gasteiger partial charge is 0.231 e. The van der Waals surface area contributed by atoms with Gasteiger partial charge in [-0.05, 0) is 12.5 Å². The lowest BCUT2D eigenvalue weighted by Crippen LogP contribution is -2.00. The van der Waals surface area contributed by atoms with Crippen LogP contribution in [0.4, 0.5) is 8.78 Å². The Balaban J connectivity index is 2.14. The van der Waals surface area contributed by atoms with Crippen molar-refractivity contribution >= 4 is 0 Å². The number of aromatic nitrogens is 2. The van der Waals surface area contributed by atoms with E-state index in [9.17, 15) is 13.9 Å². The summed E-state index contributed by atoms with van der Waals surface area (Å²) in [5, 5.41) is 13.3. The van der Waals surface area contributed by atoms with Gasteiger partial charge in [0.25, 0.3) is 0 Å². The van der Waals surface area contributed by atoms with Crippen LogP contribution in [0.5, 0.6) is 0 Å². The van der Waals surface area contributed by atoms with Crippen LogP contribution in [-0.2, 0) is 6.42 Å². The maximum Gasteiger partial charge on any atom is 0.231 e. The van der Waals surface area contributed by atoms with Crippen molar-refractivity contribution in [3.8, 4) is 0 Å². The molecule has 0 spiro atoms. The van der Waals surface area contributed by atoms with E-state index in [0.29, 0.717) is 6.42 Å². The number of aliphatic hydroxyl groups is 1. The van der Waals surface area contributed by atoms with Crippen molar-refractivity contribution in [3.05, 3.63) is 47.1 Å². The Hall–Kier alpha value is -1.82. The molecule has 0 aliphatic carbocycles. The van der Waals surface area contributed by atoms with Gasteiger partial charge in [-0.3, -0.25) is 0 Å². The van der Waals surface area contributed by atoms with Gasteiger partial charge in [-0.2, -0.15) is 4.98 Å². The van der Waals surface area contributed by atoms with Crippen molar-refractivity contribution in [2.24, 2.45) is 0 Å². The molecule has 0 aliphatic heterocycles. The zero-order valence-corrected chi connectivity index (χ0v) is 10.4. The molecule has 0 amide bonds. The Labute approximate surface area is 109 Å². The Morgan fingerprint density at radius 1 is 1.37 bits per heavy atom. The van der Waals surface area contributed by atoms with E-state index in [4.69, 9.17) is 4.52 Å². The van der Waals surface area contributed by atoms with Crippen molar-refractivity contribution in [2.45, 2.75) is 32.3 Å². The molecule has 1 heterocycles. The van der Waals surface area contributed by atoms with Crippen LogP contribution in [0.25, 0.3) is 0 Å². The maximum atomic E-state index is 13.5. The van der Waals surface area contributed by atoms with Crippen LogP contribution in [0, 0.1) is 11.6 Å². The van der Waals surface area contributed by atoms with Gasteiger partial charge in [-0.1, -0.05) is 30.6 Å². The van der Waals surface area contributed by atoms with Crippen LogP contribution < -0.4 is 0 Å². The molecule has 102 valence electrons. The SMILES string of the molecule is CCCC(O)c1noc(Cc2cccc(F)c2F)n1. The average molecular weight is 268 g/mol. The molecule has 1 atom stereocenters. The van der Waals surface area contributed by atoms with E-state index in [0.717, 1.165) is 12.5 Å². The Kier molecular flexibility index (Phi) is 4.21. The molecule has 0 aliphatic rings. The van der Waals surface area contributed by atoms with Crippen LogP contribution in [0.2, 0.25) is 0 Å². The lowest BCUT2D eigenvalue weighted by molar-refractivity contribution is 0.152. The van der Waals surface area contributed by atoms with Crippen LogP contribution in [0.15, 0.2) is 22.7 Å². The molecule has 0 fully saturated rings. The van der Waals surface area contributed by atoms with Gasteiger partial charge in [-0.25, -0.2) is 8.78 Å². The second-order valence-corrected chi connectivity index (χ2v) is 4.24. The molecule has 0 saturated heterocycles. The minimum Gasteiger partial charge on any atom is -0.385 e. The summed E-state index contributed by atoms with van der Waals surface area (Å²) in [5.41, 5.74) is 0.139. The highest BCUT2D eigenvalue weighted by atomic mass is 19.2. The number of aliphatic hydroxyl groups excluding tert-OH is 1. The topological polar surface area (TPSA) is 59.2 Å². The molecule has 2 rings (SSSR count). The number of benzene rings is 1. The molecule has 6 heteroatoms. The summed E-state index contributed by atoms with van der Waals surface area (Å²) in [4.78, 5) is 3.98. The quantitative estimate of drug-likeness (QED) is 0.905. The van der Waals surface area contributed by atoms with E-state index in [1.165, 1.54) is 12.1 Å². The Morgan fingerprint density at radius 2 is 2.16 bits per heavy atom. The third-order valence-electron chi connectivity index (χ3n) is 2.72. The summed E-state index contributed by atoms with van der Waals surface area (Å²) < 4.78 is 31.4. The van der Waals surface area contributed by atoms with E-state index in [1.54, 1.807) is 0 Å². The molecule has 0 radical (unpaired) electrons. The van der Waals surface area contributed by atoms with Gasteiger partial charge >= 0.3 is 0 Å². The molecular weight excluding hydrogens is 254 g/mol. The molecule has 1 N–H and O–H groups in total. The Morgan fingerprint density at radius 3 is 2.89 bits per heavy atom. The lowest BCUT2D eigenvalue weighted by atomic mass is 10.1. The molecule has 4 nitrogen and oxygen atoms in total. The first kappa shape index (κ1) is 13.6. The molecule has 0 saturated carbocycles. The number of rotatable bonds is 5. The maximum absolute atomic E-state index is 13.5. The van der Waals surface area contributed by atoms with Crippen molar-refractivity contribution in [3.63, 3.8) is 0 Å². The standard InChI is InChI=1S/C13H14F2N2O2/c1-2-4-10(18)13-16-11(19-17-13)7-8-5-3-6-9(14)12(8)15/h3,5-6,10,18H,2,4,7H2,1H3. The van der Waals surface area contributed by atoms with Gasteiger partial charge in [0.1, 0.15) is 6.10 Å². The minimum atomic E-state index is -0.920. The summed E-state index contributed by atoms with van der Waals surface area (Å²) >= 11 is 0. The largest absolute Gasteiger partial charge is 0.385 e. The second kappa shape index (κ2) is 5.88. The van der Waals surface area contributed by atoms with Crippen molar-refractivity contribution in [1.82, 2.24) is 10.1 Å². The zero-order chi connectivity index (χ0) is 13.8. The highest BCUT2D eigenvalue weighted by Crippen LogP contribution is 2.18. The lowest BCUT2D eigenvalue weighted by Gasteiger charge is -2.01. The first-order valence-electron chi connectivity index (χ1n) is 6.05. The van der Waals surface area contributed by atoms with Crippen LogP contribution in [0.3, 0.4) is 0 Å². The highest BCUT2D eigenvalue weighted by Gasteiger charge is 2.16. The molecule has 1 unspecified atom stereocenters. The molecule has 1 aromatic heterocycles. The van der Waals surface area contributed by atoms with Crippen molar-refractivity contribution in [1.29, 1.82) is 0 Å². The number of hydrogen-bond donors (Lipinski definition) is 1. The third kappa shape index (κ3) is 3.14. The van der Waals surface area contributed by atoms with Gasteiger partial charge < -0.3 is 9.63 Å². The third-order valence-corrected chi connectivity index (χ3v) is 2.72. The van der Waals surface area contributed by atoms with Crippen LogP contribution >= 0.6 is 0 Å². The summed E-state index contributed by atoms with van der Waals surface area (Å²) in [6.07, 6.45) is 0.506. The molecular formula is C13H14F2N2O2. The van der Waals surface area contributed by atoms with Crippen LogP contribution in [-0.4, -0.2) is 15.2 Å². The number of hydrogen-bond acceptors (Lipinski definition) is 4. The monoisotopic (exact) mass is 268 g/mol. The Bertz CT molecular complexity index is 557. The minimum absolute atomic E-state index is 0.00453. The summed E-state index contributed by atoms with van der Waals surface area (Å²) in [6, 6.07) is 3.91. The molecule has 2 aromatic rings. The van der Waals surface area contributed by atoms with E-state index in [2.05, 4.69) is 10.1 Å². The summed E-state index contributed by atoms with van der Waals surface area (Å²) in [6.45, 7) is 1.92. The number of halogens is 2. The summed E-state index contributed by atoms with van der Waals surface area (Å²) in [7, 11) is 0. The van der Waals surface area contributed by atoms with E-state index in [1.807, 2.05) is 6.92 Å². The van der Waals surface area contributed by atoms with E-state index < -0.39 is 17.7 Å². The fourth-order valence-electron chi connectivity index (χ4n) is 1.73. The van der Waals surface area contributed by atoms with E-state index >= 15 is 0 Å². The molecule has 0 bridgehead atoms. The average Bonchev–Trinajstić information content (AvgIpc) is 2.84. The predicted octanol–water partition coefficient (Wildman–Crippen LogP) is 2.77. The van der Waals surface area contributed by atoms with Gasteiger partial charge in [0.15, 0.2) is 17.5 Å². The van der Waals surface area contributed by atoms with Gasteiger partial charge in [0.05, 0.1) is 6.42 Å². The number of nitrogens with zero attached hydrogens (tertiary/aromatic N) is 2. The predicted molar refractivity (Wildman–Crippen MR) is 63.3 cm³/mol. The highest BCUT2D eigenvalue weighted by molar-refractivity contribution is 5.21. The van der Waals surface area contributed by atoms with Crippen molar-refractivity contribution in [2.75, 3.05) is 0 Å². The second-order valence-electron chi connectivity index (χ2n) is 4.24. The summed E-state index contributed by atoms with van der Waals surface area (Å²) in [5.74, 6) is -1.51. The first-order chi connectivity index (χ1) is 9.11. The fraction of sp³-hybridized carbons (Fsp3) is 0.385. The van der Waals surface area contributed by atoms with Gasteiger partial charge in [0.2, 0.25) is 5.89 Å². The van der Waals surface area contributed by atoms with Gasteiger partial charge in [-0.15, -0.1) is 0 Å². The normalized spacial score (nSPS) is 12.6. The van der Waals surface area contributed by atoms with Gasteiger partial charge in [0, 0.05) is 5.56 Å². The van der Waals surface area contributed by atoms with Crippen LogP contribution in [0.1, 0.15) is 43.1 Å². The first-order valence-corrected chi connectivity index (χ1v) is 6.05. The molecule has 19 heavy (non-hydrogen) atoms. The van der Waals surface area contributed by atoms with E-state index in [-0.39, 0.29) is 23.7 Å². The zero-order valence-electron chi connectivity index (χ0n) is 10.4. The molecule has 1 aromatic carbocycles.